The molecule has 338 valence electrons. The highest BCUT2D eigenvalue weighted by Crippen LogP contribution is 2.29. The summed E-state index contributed by atoms with van der Waals surface area (Å²) in [5.74, 6) is -0.188. The molecule has 0 aliphatic heterocycles. The third-order valence-electron chi connectivity index (χ3n) is 8.94. The molecule has 63 heavy (non-hydrogen) atoms. The van der Waals surface area contributed by atoms with Crippen molar-refractivity contribution in [1.82, 2.24) is 0 Å². The quantitative estimate of drug-likeness (QED) is 0.0770. The van der Waals surface area contributed by atoms with Gasteiger partial charge in [-0.1, -0.05) is 151 Å². The second-order valence-electron chi connectivity index (χ2n) is 14.3. The first-order valence-electron chi connectivity index (χ1n) is 19.7. The van der Waals surface area contributed by atoms with E-state index in [1.54, 1.807) is 30.3 Å². The number of ether oxygens (including phenoxy) is 1. The molecule has 0 unspecified atom stereocenters. The van der Waals surface area contributed by atoms with Gasteiger partial charge in [0, 0.05) is 14.0 Å². The van der Waals surface area contributed by atoms with Gasteiger partial charge in [0.2, 0.25) is 0 Å². The number of hydrogen-bond acceptors (Lipinski definition) is 8. The van der Waals surface area contributed by atoms with Crippen molar-refractivity contribution in [2.24, 2.45) is 0 Å². The number of phenolic OH excluding ortho intramolecular Hbond substituents is 2. The fourth-order valence-corrected chi connectivity index (χ4v) is 6.26. The van der Waals surface area contributed by atoms with E-state index in [9.17, 15) is 28.2 Å². The zero-order valence-corrected chi connectivity index (χ0v) is 38.5. The smallest absolute Gasteiger partial charge is 0.302 e. The molecule has 0 aliphatic rings. The molecule has 0 fully saturated rings. The maximum Gasteiger partial charge on any atom is 0.302 e. The average Bonchev–Trinajstić information content (AvgIpc) is 3.23. The lowest BCUT2D eigenvalue weighted by Gasteiger charge is -2.07. The monoisotopic (exact) mass is 878 g/mol. The van der Waals surface area contributed by atoms with E-state index >= 15 is 0 Å². The van der Waals surface area contributed by atoms with Crippen LogP contribution in [0.25, 0.3) is 21.5 Å². The number of esters is 1. The Bertz CT molecular complexity index is 2550. The summed E-state index contributed by atoms with van der Waals surface area (Å²) in [6.45, 7) is 16.8. The highest BCUT2D eigenvalue weighted by Gasteiger charge is 2.07. The van der Waals surface area contributed by atoms with Crippen LogP contribution >= 0.6 is 0 Å². The first kappa shape index (κ1) is 56.7. The second kappa shape index (κ2) is 29.1. The van der Waals surface area contributed by atoms with Crippen LogP contribution in [0.5, 0.6) is 11.5 Å². The molecule has 7 aromatic carbocycles. The zero-order chi connectivity index (χ0) is 47.0. The van der Waals surface area contributed by atoms with E-state index < -0.39 is 10.1 Å². The number of carbonyl (C=O) groups is 2. The summed E-state index contributed by atoms with van der Waals surface area (Å²) in [5.41, 5.74) is 8.88. The molecular weight excluding hydrogens is 813 g/mol. The average molecular weight is 879 g/mol. The predicted molar refractivity (Wildman–Crippen MR) is 262 cm³/mol. The number of hydrogen-bond donors (Lipinski definition) is 4. The number of phenols is 2. The molecule has 4 N–H and O–H groups in total. The third kappa shape index (κ3) is 21.8. The number of benzene rings is 7. The molecule has 0 heterocycles. The molecule has 0 saturated carbocycles. The zero-order valence-electron chi connectivity index (χ0n) is 37.7. The minimum absolute atomic E-state index is 0. The number of carbonyl (C=O) groups excluding carboxylic acids is 2. The standard InChI is InChI=1S/C12H12O.C11H10.C9H10O2.C8H10O3S.C8H10.C3H6O2.CH4O.CH4/c1-8-7-10-5-3-4-6-11(10)9(2)12(8)13;1-9-5-4-7-10-6-2-3-8-11(9)10;1-6-3-4-9(11)8(5-6)7(2)10;1-7-3-2-4-8(5-7)6-12(9,10)11;1-7-3-5-8(2)6-4-7;1-3(4)5-2;1-2;/h3-7,13H,1-2H3;2-8H,1H3;3-5,11H,1-2H3;2-5H,6H2,1H3,(H,9,10,11);3-6H,1-2H3;1-2H3;2H,1H3;1H4. The molecule has 0 bridgehead atoms. The van der Waals surface area contributed by atoms with Gasteiger partial charge < -0.3 is 20.1 Å². The van der Waals surface area contributed by atoms with Gasteiger partial charge in [-0.05, 0) is 117 Å². The van der Waals surface area contributed by atoms with Crippen molar-refractivity contribution in [1.29, 1.82) is 0 Å². The third-order valence-corrected chi connectivity index (χ3v) is 9.64. The molecule has 10 heteroatoms. The van der Waals surface area contributed by atoms with E-state index in [1.165, 1.54) is 59.9 Å². The van der Waals surface area contributed by atoms with Crippen LogP contribution in [-0.4, -0.2) is 54.3 Å². The lowest BCUT2D eigenvalue weighted by Crippen LogP contribution is -2.01. The van der Waals surface area contributed by atoms with Gasteiger partial charge >= 0.3 is 5.97 Å². The Labute approximate surface area is 375 Å². The second-order valence-corrected chi connectivity index (χ2v) is 15.8. The maximum atomic E-state index is 10.9. The molecule has 0 spiro atoms. The van der Waals surface area contributed by atoms with Crippen molar-refractivity contribution in [3.63, 3.8) is 0 Å². The Morgan fingerprint density at radius 2 is 1.02 bits per heavy atom. The van der Waals surface area contributed by atoms with Crippen molar-refractivity contribution in [3.05, 3.63) is 190 Å². The molecule has 0 aromatic heterocycles. The first-order valence-corrected chi connectivity index (χ1v) is 21.3. The summed E-state index contributed by atoms with van der Waals surface area (Å²) < 4.78 is 33.6. The summed E-state index contributed by atoms with van der Waals surface area (Å²) >= 11 is 0. The molecule has 0 aliphatic carbocycles. The number of aryl methyl sites for hydroxylation is 7. The highest BCUT2D eigenvalue weighted by molar-refractivity contribution is 7.85. The number of aromatic hydroxyl groups is 2. The van der Waals surface area contributed by atoms with Crippen molar-refractivity contribution >= 4 is 43.4 Å². The van der Waals surface area contributed by atoms with Crippen LogP contribution in [-0.2, 0) is 25.4 Å². The lowest BCUT2D eigenvalue weighted by atomic mass is 10.0. The van der Waals surface area contributed by atoms with Gasteiger partial charge in [-0.15, -0.1) is 0 Å². The summed E-state index contributed by atoms with van der Waals surface area (Å²) in [6.07, 6.45) is 0. The highest BCUT2D eigenvalue weighted by atomic mass is 32.2. The van der Waals surface area contributed by atoms with Crippen LogP contribution in [0, 0.1) is 48.5 Å². The molecule has 0 radical (unpaired) electrons. The van der Waals surface area contributed by atoms with Gasteiger partial charge in [-0.3, -0.25) is 14.1 Å². The number of fused-ring (bicyclic) bond motifs is 2. The van der Waals surface area contributed by atoms with Crippen LogP contribution in [0.4, 0.5) is 0 Å². The predicted octanol–water partition coefficient (Wildman–Crippen LogP) is 12.3. The fourth-order valence-electron chi connectivity index (χ4n) is 5.66. The number of ketones is 1. The Morgan fingerprint density at radius 1 is 0.556 bits per heavy atom. The lowest BCUT2D eigenvalue weighted by molar-refractivity contribution is -0.137. The Hall–Kier alpha value is -6.33. The van der Waals surface area contributed by atoms with Gasteiger partial charge in [0.1, 0.15) is 17.3 Å². The van der Waals surface area contributed by atoms with E-state index in [4.69, 9.17) is 9.66 Å². The van der Waals surface area contributed by atoms with Crippen molar-refractivity contribution in [2.75, 3.05) is 14.2 Å². The van der Waals surface area contributed by atoms with E-state index in [1.807, 2.05) is 58.0 Å². The Balaban J connectivity index is 0.000000737. The number of rotatable bonds is 3. The number of Topliss-reactive ketones (excluding diaryl/α,β-unsaturated/α-hetero) is 1. The van der Waals surface area contributed by atoms with Crippen molar-refractivity contribution in [3.8, 4) is 11.5 Å². The molecule has 7 rings (SSSR count). The van der Waals surface area contributed by atoms with E-state index in [-0.39, 0.29) is 30.7 Å². The fraction of sp³-hybridized carbons (Fsp3) is 0.245. The van der Waals surface area contributed by atoms with Crippen LogP contribution in [0.15, 0.2) is 140 Å². The maximum absolute atomic E-state index is 10.9. The minimum atomic E-state index is -3.89. The summed E-state index contributed by atoms with van der Waals surface area (Å²) in [4.78, 5) is 20.4. The first-order chi connectivity index (χ1) is 29.2. The van der Waals surface area contributed by atoms with Gasteiger partial charge in [-0.25, -0.2) is 0 Å². The van der Waals surface area contributed by atoms with Gasteiger partial charge in [-0.2, -0.15) is 8.42 Å². The van der Waals surface area contributed by atoms with Gasteiger partial charge in [0.15, 0.2) is 5.78 Å². The number of methoxy groups -OCH3 is 1. The largest absolute Gasteiger partial charge is 0.507 e. The van der Waals surface area contributed by atoms with E-state index in [0.717, 1.165) is 34.7 Å². The molecule has 7 aromatic rings. The molecule has 0 amide bonds. The number of aliphatic hydroxyl groups is 1. The van der Waals surface area contributed by atoms with Crippen molar-refractivity contribution < 1.29 is 42.6 Å². The topological polar surface area (TPSA) is 158 Å². The molecule has 0 saturated heterocycles. The Morgan fingerprint density at radius 3 is 1.49 bits per heavy atom. The SMILES string of the molecule is C.CC(=O)c1cc(C)ccc1O.CO.COC(C)=O.Cc1cc2ccccc2c(C)c1O.Cc1ccc(C)cc1.Cc1cccc(CS(=O)(=O)O)c1.Cc1cccc2ccccc12. The summed E-state index contributed by atoms with van der Waals surface area (Å²) in [5, 5.41) is 30.9. The van der Waals surface area contributed by atoms with Crippen LogP contribution in [0.2, 0.25) is 0 Å². The molecule has 9 nitrogen and oxygen atoms in total. The van der Waals surface area contributed by atoms with Crippen LogP contribution in [0.3, 0.4) is 0 Å². The van der Waals surface area contributed by atoms with Crippen molar-refractivity contribution in [2.45, 2.75) is 75.5 Å². The van der Waals surface area contributed by atoms with Gasteiger partial charge in [0.05, 0.1) is 12.7 Å². The van der Waals surface area contributed by atoms with Crippen LogP contribution in [0.1, 0.15) is 76.1 Å². The molecule has 0 atom stereocenters. The Kier molecular flexibility index (Phi) is 26.1. The van der Waals surface area contributed by atoms with E-state index in [0.29, 0.717) is 16.9 Å². The minimum Gasteiger partial charge on any atom is -0.507 e. The van der Waals surface area contributed by atoms with Gasteiger partial charge in [0.25, 0.3) is 10.1 Å². The number of aliphatic hydroxyl groups excluding tert-OH is 1. The van der Waals surface area contributed by atoms with Crippen LogP contribution < -0.4 is 0 Å². The van der Waals surface area contributed by atoms with E-state index in [2.05, 4.69) is 98.3 Å². The normalized spacial score (nSPS) is 9.67. The summed E-state index contributed by atoms with van der Waals surface area (Å²) in [7, 11) is -1.54. The molecular formula is C53H66O9S. The summed E-state index contributed by atoms with van der Waals surface area (Å²) in [6, 6.07) is 45.4.